The van der Waals surface area contributed by atoms with E-state index in [4.69, 9.17) is 9.47 Å². The Balaban J connectivity index is 3.42. The second-order valence-electron chi connectivity index (χ2n) is 4.06. The van der Waals surface area contributed by atoms with E-state index in [0.717, 1.165) is 12.8 Å². The third kappa shape index (κ3) is 7.04. The minimum Gasteiger partial charge on any atom is -0.379 e. The first-order valence-corrected chi connectivity index (χ1v) is 5.16. The number of ketones is 1. The Morgan fingerprint density at radius 1 is 1.36 bits per heavy atom. The van der Waals surface area contributed by atoms with E-state index in [1.165, 1.54) is 0 Å². The van der Waals surface area contributed by atoms with Gasteiger partial charge in [0.05, 0.1) is 5.60 Å². The highest BCUT2D eigenvalue weighted by molar-refractivity contribution is 5.79. The number of ether oxygens (including phenoxy) is 2. The molecule has 0 radical (unpaired) electrons. The van der Waals surface area contributed by atoms with E-state index in [1.807, 2.05) is 20.8 Å². The van der Waals surface area contributed by atoms with Crippen molar-refractivity contribution in [3.8, 4) is 0 Å². The lowest BCUT2D eigenvalue weighted by atomic mass is 10.1. The molecule has 0 aliphatic carbocycles. The van der Waals surface area contributed by atoms with Gasteiger partial charge in [0.15, 0.2) is 5.78 Å². The van der Waals surface area contributed by atoms with Gasteiger partial charge in [0.1, 0.15) is 6.61 Å². The molecule has 0 aliphatic heterocycles. The first-order chi connectivity index (χ1) is 6.52. The zero-order valence-corrected chi connectivity index (χ0v) is 9.76. The molecule has 0 fully saturated rings. The summed E-state index contributed by atoms with van der Waals surface area (Å²) in [6.07, 6.45) is 2.32. The fourth-order valence-electron chi connectivity index (χ4n) is 0.957. The Labute approximate surface area is 86.8 Å². The highest BCUT2D eigenvalue weighted by Crippen LogP contribution is 2.12. The zero-order chi connectivity index (χ0) is 11.0. The Morgan fingerprint density at radius 3 is 2.50 bits per heavy atom. The molecule has 3 heteroatoms. The number of Topliss-reactive ketones (excluding diaryl/α,β-unsaturated/α-hetero) is 1. The lowest BCUT2D eigenvalue weighted by Crippen LogP contribution is -2.25. The van der Waals surface area contributed by atoms with Gasteiger partial charge in [0, 0.05) is 20.1 Å². The van der Waals surface area contributed by atoms with Crippen LogP contribution in [0.15, 0.2) is 0 Å². The molecule has 0 aromatic heterocycles. The number of methoxy groups -OCH3 is 1. The first-order valence-electron chi connectivity index (χ1n) is 5.16. The Kier molecular flexibility index (Phi) is 6.75. The summed E-state index contributed by atoms with van der Waals surface area (Å²) in [5.74, 6) is 0.183. The second-order valence-corrected chi connectivity index (χ2v) is 4.06. The van der Waals surface area contributed by atoms with Crippen molar-refractivity contribution in [2.24, 2.45) is 0 Å². The number of rotatable bonds is 8. The maximum absolute atomic E-state index is 11.1. The van der Waals surface area contributed by atoms with Gasteiger partial charge in [-0.2, -0.15) is 0 Å². The summed E-state index contributed by atoms with van der Waals surface area (Å²) in [5, 5.41) is 0. The number of carbonyl (C=O) groups is 1. The maximum atomic E-state index is 11.1. The molecule has 0 heterocycles. The maximum Gasteiger partial charge on any atom is 0.158 e. The van der Waals surface area contributed by atoms with E-state index >= 15 is 0 Å². The van der Waals surface area contributed by atoms with Gasteiger partial charge in [0.2, 0.25) is 0 Å². The van der Waals surface area contributed by atoms with Crippen LogP contribution in [0.4, 0.5) is 0 Å². The number of carbonyl (C=O) groups excluding carboxylic acids is 1. The van der Waals surface area contributed by atoms with Crippen molar-refractivity contribution >= 4 is 5.78 Å². The average molecular weight is 202 g/mol. The van der Waals surface area contributed by atoms with Gasteiger partial charge in [-0.05, 0) is 26.7 Å². The third-order valence-electron chi connectivity index (χ3n) is 2.19. The van der Waals surface area contributed by atoms with E-state index in [0.29, 0.717) is 13.0 Å². The second kappa shape index (κ2) is 6.96. The normalized spacial score (nSPS) is 11.7. The quantitative estimate of drug-likeness (QED) is 0.566. The molecular formula is C11H22O3. The van der Waals surface area contributed by atoms with Crippen molar-refractivity contribution in [2.45, 2.75) is 45.6 Å². The molecule has 84 valence electrons. The smallest absolute Gasteiger partial charge is 0.158 e. The highest BCUT2D eigenvalue weighted by Gasteiger charge is 2.15. The van der Waals surface area contributed by atoms with Crippen LogP contribution in [-0.2, 0) is 14.3 Å². The molecule has 0 aromatic rings. The van der Waals surface area contributed by atoms with Crippen LogP contribution in [0.25, 0.3) is 0 Å². The molecule has 14 heavy (non-hydrogen) atoms. The van der Waals surface area contributed by atoms with E-state index in [9.17, 15) is 4.79 Å². The summed E-state index contributed by atoms with van der Waals surface area (Å²) in [5.41, 5.74) is -0.159. The molecule has 0 unspecified atom stereocenters. The minimum atomic E-state index is -0.159. The van der Waals surface area contributed by atoms with Crippen molar-refractivity contribution < 1.29 is 14.3 Å². The van der Waals surface area contributed by atoms with E-state index in [1.54, 1.807) is 7.11 Å². The van der Waals surface area contributed by atoms with E-state index in [2.05, 4.69) is 0 Å². The van der Waals surface area contributed by atoms with Gasteiger partial charge in [-0.15, -0.1) is 0 Å². The SMILES string of the molecule is CCCC(=O)COCCC(C)(C)OC. The standard InChI is InChI=1S/C11H22O3/c1-5-6-10(12)9-14-8-7-11(2,3)13-4/h5-9H2,1-4H3. The fraction of sp³-hybridized carbons (Fsp3) is 0.909. The van der Waals surface area contributed by atoms with Crippen molar-refractivity contribution in [1.82, 2.24) is 0 Å². The minimum absolute atomic E-state index is 0.159. The molecule has 0 saturated heterocycles. The Bertz CT molecular complexity index is 164. The van der Waals surface area contributed by atoms with Crippen molar-refractivity contribution in [2.75, 3.05) is 20.3 Å². The van der Waals surface area contributed by atoms with Crippen LogP contribution in [-0.4, -0.2) is 31.7 Å². The van der Waals surface area contributed by atoms with Crippen LogP contribution < -0.4 is 0 Å². The zero-order valence-electron chi connectivity index (χ0n) is 9.76. The van der Waals surface area contributed by atoms with Crippen molar-refractivity contribution in [3.05, 3.63) is 0 Å². The highest BCUT2D eigenvalue weighted by atomic mass is 16.5. The first kappa shape index (κ1) is 13.6. The summed E-state index contributed by atoms with van der Waals surface area (Å²) in [6.45, 7) is 6.82. The van der Waals surface area contributed by atoms with Crippen LogP contribution in [0.3, 0.4) is 0 Å². The summed E-state index contributed by atoms with van der Waals surface area (Å²) >= 11 is 0. The predicted molar refractivity (Wildman–Crippen MR) is 56.4 cm³/mol. The molecule has 0 aromatic carbocycles. The van der Waals surface area contributed by atoms with Crippen molar-refractivity contribution in [3.63, 3.8) is 0 Å². The van der Waals surface area contributed by atoms with Crippen LogP contribution in [0.5, 0.6) is 0 Å². The van der Waals surface area contributed by atoms with Crippen LogP contribution in [0.1, 0.15) is 40.0 Å². The van der Waals surface area contributed by atoms with E-state index < -0.39 is 0 Å². The van der Waals surface area contributed by atoms with Gasteiger partial charge < -0.3 is 9.47 Å². The molecule has 0 aliphatic rings. The number of hydrogen-bond acceptors (Lipinski definition) is 3. The lowest BCUT2D eigenvalue weighted by Gasteiger charge is -2.22. The van der Waals surface area contributed by atoms with Crippen LogP contribution >= 0.6 is 0 Å². The molecule has 0 amide bonds. The molecule has 0 atom stereocenters. The van der Waals surface area contributed by atoms with E-state index in [-0.39, 0.29) is 18.0 Å². The molecule has 0 saturated carbocycles. The largest absolute Gasteiger partial charge is 0.379 e. The van der Waals surface area contributed by atoms with Gasteiger partial charge in [-0.1, -0.05) is 6.92 Å². The molecule has 0 spiro atoms. The third-order valence-corrected chi connectivity index (χ3v) is 2.19. The summed E-state index contributed by atoms with van der Waals surface area (Å²) in [7, 11) is 1.68. The molecular weight excluding hydrogens is 180 g/mol. The lowest BCUT2D eigenvalue weighted by molar-refractivity contribution is -0.124. The summed E-state index contributed by atoms with van der Waals surface area (Å²) < 4.78 is 10.5. The van der Waals surface area contributed by atoms with Crippen LogP contribution in [0.2, 0.25) is 0 Å². The summed E-state index contributed by atoms with van der Waals surface area (Å²) in [4.78, 5) is 11.1. The summed E-state index contributed by atoms with van der Waals surface area (Å²) in [6, 6.07) is 0. The van der Waals surface area contributed by atoms with Crippen LogP contribution in [0, 0.1) is 0 Å². The fourth-order valence-corrected chi connectivity index (χ4v) is 0.957. The number of hydrogen-bond donors (Lipinski definition) is 0. The van der Waals surface area contributed by atoms with Gasteiger partial charge in [-0.3, -0.25) is 4.79 Å². The molecule has 0 rings (SSSR count). The Hall–Kier alpha value is -0.410. The molecule has 3 nitrogen and oxygen atoms in total. The van der Waals surface area contributed by atoms with Crippen molar-refractivity contribution in [1.29, 1.82) is 0 Å². The predicted octanol–water partition coefficient (Wildman–Crippen LogP) is 2.19. The monoisotopic (exact) mass is 202 g/mol. The molecule has 0 bridgehead atoms. The van der Waals surface area contributed by atoms with Gasteiger partial charge in [-0.25, -0.2) is 0 Å². The Morgan fingerprint density at radius 2 is 2.00 bits per heavy atom. The topological polar surface area (TPSA) is 35.5 Å². The molecule has 0 N–H and O–H groups in total. The average Bonchev–Trinajstić information content (AvgIpc) is 2.13. The van der Waals surface area contributed by atoms with Gasteiger partial charge >= 0.3 is 0 Å². The van der Waals surface area contributed by atoms with Gasteiger partial charge in [0.25, 0.3) is 0 Å².